The van der Waals surface area contributed by atoms with E-state index < -0.39 is 82.2 Å². The van der Waals surface area contributed by atoms with E-state index in [0.29, 0.717) is 18.2 Å². The van der Waals surface area contributed by atoms with E-state index >= 15 is 4.39 Å². The van der Waals surface area contributed by atoms with E-state index in [1.54, 1.807) is 0 Å². The van der Waals surface area contributed by atoms with Crippen LogP contribution in [-0.2, 0) is 28.9 Å². The molecule has 1 amide bonds. The number of ether oxygens (including phenoxy) is 1. The van der Waals surface area contributed by atoms with Crippen LogP contribution < -0.4 is 10.9 Å². The van der Waals surface area contributed by atoms with Crippen molar-refractivity contribution in [3.05, 3.63) is 86.6 Å². The minimum absolute atomic E-state index is 0.0872. The van der Waals surface area contributed by atoms with Crippen molar-refractivity contribution in [2.45, 2.75) is 44.7 Å². The molecule has 0 radical (unpaired) electrons. The lowest BCUT2D eigenvalue weighted by Crippen LogP contribution is -2.42. The molecule has 4 rings (SSSR count). The van der Waals surface area contributed by atoms with E-state index in [9.17, 15) is 40.3 Å². The van der Waals surface area contributed by atoms with Crippen LogP contribution in [0.4, 0.5) is 35.1 Å². The molecule has 2 N–H and O–H groups in total. The molecule has 0 unspecified atom stereocenters. The molecule has 14 heteroatoms. The number of hydrogen-bond donors (Lipinski definition) is 2. The van der Waals surface area contributed by atoms with E-state index in [2.05, 4.69) is 10.3 Å². The largest absolute Gasteiger partial charge is 0.417 e. The lowest BCUT2D eigenvalue weighted by Gasteiger charge is -2.34. The average molecular weight is 561 g/mol. The van der Waals surface area contributed by atoms with Gasteiger partial charge in [0.1, 0.15) is 29.0 Å². The van der Waals surface area contributed by atoms with Crippen molar-refractivity contribution in [1.29, 1.82) is 0 Å². The fourth-order valence-electron chi connectivity index (χ4n) is 4.08. The zero-order valence-corrected chi connectivity index (χ0v) is 19.7. The summed E-state index contributed by atoms with van der Waals surface area (Å²) < 4.78 is 114. The van der Waals surface area contributed by atoms with Crippen molar-refractivity contribution in [2.24, 2.45) is 5.92 Å². The van der Waals surface area contributed by atoms with E-state index in [1.807, 2.05) is 4.98 Å². The van der Waals surface area contributed by atoms with Crippen molar-refractivity contribution in [2.75, 3.05) is 0 Å². The van der Waals surface area contributed by atoms with Gasteiger partial charge in [-0.2, -0.15) is 13.2 Å². The quantitative estimate of drug-likeness (QED) is 0.360. The van der Waals surface area contributed by atoms with Gasteiger partial charge < -0.3 is 15.0 Å². The molecule has 1 aliphatic rings. The predicted octanol–water partition coefficient (Wildman–Crippen LogP) is 5.42. The van der Waals surface area contributed by atoms with Crippen LogP contribution in [0, 0.1) is 23.4 Å². The first kappa shape index (κ1) is 28.2. The number of aromatic nitrogens is 2. The molecule has 1 saturated carbocycles. The number of benzene rings is 2. The van der Waals surface area contributed by atoms with Gasteiger partial charge in [0.15, 0.2) is 0 Å². The third-order valence-corrected chi connectivity index (χ3v) is 6.08. The van der Waals surface area contributed by atoms with Crippen LogP contribution >= 0.6 is 0 Å². The lowest BCUT2D eigenvalue weighted by molar-refractivity contribution is -0.137. The normalized spacial score (nSPS) is 17.3. The van der Waals surface area contributed by atoms with Crippen LogP contribution in [0.2, 0.25) is 0 Å². The number of rotatable bonds is 8. The molecule has 0 bridgehead atoms. The summed E-state index contributed by atoms with van der Waals surface area (Å²) in [5, 5.41) is 2.40. The molecule has 0 spiro atoms. The molecule has 1 fully saturated rings. The number of alkyl halides is 5. The highest BCUT2D eigenvalue weighted by Crippen LogP contribution is 2.39. The Balaban J connectivity index is 1.43. The maximum absolute atomic E-state index is 15.3. The third kappa shape index (κ3) is 6.61. The summed E-state index contributed by atoms with van der Waals surface area (Å²) in [7, 11) is 0. The summed E-state index contributed by atoms with van der Waals surface area (Å²) in [5.41, 5.74) is -5.27. The van der Waals surface area contributed by atoms with Gasteiger partial charge in [-0.15, -0.1) is 0 Å². The van der Waals surface area contributed by atoms with Crippen LogP contribution in [0.25, 0.3) is 11.4 Å². The minimum atomic E-state index is -5.12. The van der Waals surface area contributed by atoms with Crippen molar-refractivity contribution in [3.63, 3.8) is 0 Å². The van der Waals surface area contributed by atoms with E-state index in [-0.39, 0.29) is 31.1 Å². The molecule has 39 heavy (non-hydrogen) atoms. The van der Waals surface area contributed by atoms with Crippen LogP contribution in [0.3, 0.4) is 0 Å². The Morgan fingerprint density at radius 3 is 2.36 bits per heavy atom. The summed E-state index contributed by atoms with van der Waals surface area (Å²) in [6.45, 7) is -0.630. The molecule has 0 saturated heterocycles. The van der Waals surface area contributed by atoms with Gasteiger partial charge in [0.25, 0.3) is 12.0 Å². The number of hydrogen-bond acceptors (Lipinski definition) is 4. The van der Waals surface area contributed by atoms with Gasteiger partial charge in [0.2, 0.25) is 5.91 Å². The summed E-state index contributed by atoms with van der Waals surface area (Å²) >= 11 is 0. The van der Waals surface area contributed by atoms with E-state index in [1.165, 1.54) is 0 Å². The van der Waals surface area contributed by atoms with Gasteiger partial charge in [-0.1, -0.05) is 6.07 Å². The standard InChI is InChI=1S/C25H19F8N3O3/c26-14-3-11(4-15(27)7-14)10-39-16-5-13(6-16)24(38)34-9-12-1-2-17(25(31,32)33)20(21(12)28)23-35-18(22(29)30)8-19(37)36-23/h1-4,7-8,13,16,22H,5-6,9-10H2,(H,34,38)(H,35,36,37)/t13-,16-. The molecular weight excluding hydrogens is 542 g/mol. The molecular formula is C25H19F8N3O3. The molecule has 1 aromatic heterocycles. The van der Waals surface area contributed by atoms with Crippen LogP contribution in [0.5, 0.6) is 0 Å². The SMILES string of the molecule is O=c1cc(C(F)F)nc(-c2c(C(F)(F)F)ccc(CNC(=O)[C@H]3C[C@H](OCc4cc(F)cc(F)c4)C3)c2F)[nH]1. The van der Waals surface area contributed by atoms with Crippen LogP contribution in [0.15, 0.2) is 41.2 Å². The molecule has 2 aromatic carbocycles. The molecule has 1 aliphatic carbocycles. The number of H-pyrrole nitrogens is 1. The zero-order valence-electron chi connectivity index (χ0n) is 19.7. The second-order valence-corrected chi connectivity index (χ2v) is 8.88. The third-order valence-electron chi connectivity index (χ3n) is 6.08. The number of nitrogens with zero attached hydrogens (tertiary/aromatic N) is 1. The number of amides is 1. The van der Waals surface area contributed by atoms with E-state index in [4.69, 9.17) is 4.74 Å². The van der Waals surface area contributed by atoms with Crippen LogP contribution in [0.1, 0.15) is 41.7 Å². The highest BCUT2D eigenvalue weighted by molar-refractivity contribution is 5.79. The molecule has 6 nitrogen and oxygen atoms in total. The first-order valence-corrected chi connectivity index (χ1v) is 11.4. The Labute approximate surface area is 215 Å². The van der Waals surface area contributed by atoms with Crippen molar-refractivity contribution < 1.29 is 44.7 Å². The van der Waals surface area contributed by atoms with Crippen molar-refractivity contribution in [3.8, 4) is 11.4 Å². The van der Waals surface area contributed by atoms with Gasteiger partial charge in [-0.25, -0.2) is 26.9 Å². The maximum atomic E-state index is 15.3. The Kier molecular flexibility index (Phi) is 8.04. The molecule has 0 aliphatic heterocycles. The second-order valence-electron chi connectivity index (χ2n) is 8.88. The van der Waals surface area contributed by atoms with Gasteiger partial charge in [-0.3, -0.25) is 9.59 Å². The summed E-state index contributed by atoms with van der Waals surface area (Å²) in [6, 6.07) is 4.59. The maximum Gasteiger partial charge on any atom is 0.417 e. The number of halogens is 8. The number of aromatic amines is 1. The van der Waals surface area contributed by atoms with E-state index in [0.717, 1.165) is 18.2 Å². The Morgan fingerprint density at radius 1 is 1.08 bits per heavy atom. The predicted molar refractivity (Wildman–Crippen MR) is 120 cm³/mol. The van der Waals surface area contributed by atoms with Gasteiger partial charge >= 0.3 is 6.18 Å². The molecule has 1 heterocycles. The summed E-state index contributed by atoms with van der Waals surface area (Å²) in [5.74, 6) is -5.16. The number of carbonyl (C=O) groups is 1. The fraction of sp³-hybridized carbons (Fsp3) is 0.320. The monoisotopic (exact) mass is 561 g/mol. The van der Waals surface area contributed by atoms with Crippen molar-refractivity contribution in [1.82, 2.24) is 15.3 Å². The Bertz CT molecular complexity index is 1410. The first-order valence-electron chi connectivity index (χ1n) is 11.4. The number of nitrogens with one attached hydrogen (secondary N) is 2. The molecule has 208 valence electrons. The highest BCUT2D eigenvalue weighted by Gasteiger charge is 2.38. The van der Waals surface area contributed by atoms with Crippen molar-refractivity contribution >= 4 is 5.91 Å². The second kappa shape index (κ2) is 11.1. The molecule has 3 aromatic rings. The fourth-order valence-corrected chi connectivity index (χ4v) is 4.08. The number of carbonyl (C=O) groups excluding carboxylic acids is 1. The average Bonchev–Trinajstić information content (AvgIpc) is 2.80. The first-order chi connectivity index (χ1) is 18.3. The minimum Gasteiger partial charge on any atom is -0.373 e. The Morgan fingerprint density at radius 2 is 1.74 bits per heavy atom. The van der Waals surface area contributed by atoms with Gasteiger partial charge in [0, 0.05) is 30.2 Å². The summed E-state index contributed by atoms with van der Waals surface area (Å²) in [6.07, 6.45) is -8.30. The summed E-state index contributed by atoms with van der Waals surface area (Å²) in [4.78, 5) is 29.3. The van der Waals surface area contributed by atoms with Gasteiger partial charge in [0.05, 0.1) is 23.8 Å². The smallest absolute Gasteiger partial charge is 0.373 e. The lowest BCUT2D eigenvalue weighted by atomic mass is 9.81. The van der Waals surface area contributed by atoms with Gasteiger partial charge in [-0.05, 0) is 36.6 Å². The highest BCUT2D eigenvalue weighted by atomic mass is 19.4. The zero-order chi connectivity index (χ0) is 28.5. The van der Waals surface area contributed by atoms with Crippen LogP contribution in [-0.4, -0.2) is 22.0 Å². The molecule has 0 atom stereocenters. The Hall–Kier alpha value is -3.81. The topological polar surface area (TPSA) is 84.1 Å².